The number of hydrogen-bond acceptors (Lipinski definition) is 2. The molecule has 2 nitrogen and oxygen atoms in total. The van der Waals surface area contributed by atoms with Gasteiger partial charge in [-0.1, -0.05) is 127 Å². The maximum Gasteiger partial charge on any atom is 0.101 e. The molecule has 8 rings (SSSR count). The van der Waals surface area contributed by atoms with Crippen molar-refractivity contribution in [1.82, 2.24) is 4.98 Å². The van der Waals surface area contributed by atoms with Crippen LogP contribution in [0.5, 0.6) is 0 Å². The molecule has 0 bridgehead atoms. The lowest BCUT2D eigenvalue weighted by Gasteiger charge is -2.34. The van der Waals surface area contributed by atoms with E-state index in [-0.39, 0.29) is 0 Å². The minimum atomic E-state index is -0.476. The molecule has 0 saturated heterocycles. The minimum absolute atomic E-state index is 0.476. The molecule has 43 heavy (non-hydrogen) atoms. The second-order valence-corrected chi connectivity index (χ2v) is 11.1. The molecular formula is C41H26N2. The van der Waals surface area contributed by atoms with Crippen LogP contribution in [0.2, 0.25) is 0 Å². The quantitative estimate of drug-likeness (QED) is 0.220. The van der Waals surface area contributed by atoms with Crippen LogP contribution in [0.1, 0.15) is 27.8 Å². The number of hydrogen-bond donors (Lipinski definition) is 0. The van der Waals surface area contributed by atoms with Gasteiger partial charge in [-0.15, -0.1) is 0 Å². The lowest BCUT2D eigenvalue weighted by molar-refractivity contribution is 0.769. The topological polar surface area (TPSA) is 36.7 Å². The van der Waals surface area contributed by atoms with Crippen LogP contribution in [0, 0.1) is 11.3 Å². The Balaban J connectivity index is 1.42. The third-order valence-corrected chi connectivity index (χ3v) is 8.84. The van der Waals surface area contributed by atoms with Crippen LogP contribution < -0.4 is 0 Å². The summed E-state index contributed by atoms with van der Waals surface area (Å²) < 4.78 is 0. The molecule has 0 saturated carbocycles. The van der Waals surface area contributed by atoms with E-state index in [9.17, 15) is 5.26 Å². The highest BCUT2D eigenvalue weighted by molar-refractivity contribution is 6.04. The summed E-state index contributed by atoms with van der Waals surface area (Å²) >= 11 is 0. The number of nitriles is 1. The number of pyridine rings is 1. The first-order chi connectivity index (χ1) is 21.3. The summed E-state index contributed by atoms with van der Waals surface area (Å²) in [7, 11) is 0. The fraction of sp³-hybridized carbons (Fsp3) is 0.0244. The molecule has 2 heteroatoms. The maximum atomic E-state index is 9.42. The lowest BCUT2D eigenvalue weighted by Crippen LogP contribution is -2.28. The molecular weight excluding hydrogens is 520 g/mol. The van der Waals surface area contributed by atoms with E-state index in [1.165, 1.54) is 44.2 Å². The molecule has 1 heterocycles. The molecule has 0 unspecified atom stereocenters. The van der Waals surface area contributed by atoms with Crippen molar-refractivity contribution in [3.05, 3.63) is 186 Å². The average Bonchev–Trinajstić information content (AvgIpc) is 3.40. The molecule has 200 valence electrons. The lowest BCUT2D eigenvalue weighted by atomic mass is 9.67. The summed E-state index contributed by atoms with van der Waals surface area (Å²) in [6.07, 6.45) is 3.42. The number of benzene rings is 6. The molecule has 0 fully saturated rings. The first-order valence-corrected chi connectivity index (χ1v) is 14.5. The second-order valence-electron chi connectivity index (χ2n) is 11.1. The molecule has 0 N–H and O–H groups in total. The monoisotopic (exact) mass is 546 g/mol. The van der Waals surface area contributed by atoms with Crippen LogP contribution in [-0.4, -0.2) is 4.98 Å². The number of fused-ring (bicyclic) bond motifs is 5. The maximum absolute atomic E-state index is 9.42. The molecule has 0 aliphatic heterocycles. The fourth-order valence-electron chi connectivity index (χ4n) is 6.97. The van der Waals surface area contributed by atoms with Gasteiger partial charge in [0.1, 0.15) is 6.07 Å². The van der Waals surface area contributed by atoms with E-state index in [1.807, 2.05) is 12.3 Å². The molecule has 6 aromatic carbocycles. The summed E-state index contributed by atoms with van der Waals surface area (Å²) in [4.78, 5) is 4.29. The normalized spacial score (nSPS) is 12.8. The standard InChI is InChI=1S/C41H26N2/c42-25-28-22-33(27-43-26-28)31-12-9-11-30(23-31)32-18-20-37-39(24-32)41(34-13-3-1-4-14-34,35-15-5-2-6-16-35)38-21-19-29-10-7-8-17-36(29)40(37)38/h1-24,26-27H. The van der Waals surface area contributed by atoms with Crippen molar-refractivity contribution in [2.75, 3.05) is 0 Å². The van der Waals surface area contributed by atoms with Crippen LogP contribution in [0.25, 0.3) is 44.2 Å². The van der Waals surface area contributed by atoms with E-state index in [1.54, 1.807) is 6.20 Å². The third kappa shape index (κ3) is 3.83. The predicted octanol–water partition coefficient (Wildman–Crippen LogP) is 9.80. The van der Waals surface area contributed by atoms with E-state index in [0.717, 1.165) is 22.3 Å². The van der Waals surface area contributed by atoms with E-state index < -0.39 is 5.41 Å². The van der Waals surface area contributed by atoms with Crippen molar-refractivity contribution < 1.29 is 0 Å². The van der Waals surface area contributed by atoms with Crippen LogP contribution in [0.15, 0.2) is 158 Å². The number of rotatable bonds is 4. The zero-order chi connectivity index (χ0) is 28.8. The highest BCUT2D eigenvalue weighted by Gasteiger charge is 2.46. The van der Waals surface area contributed by atoms with Gasteiger partial charge >= 0.3 is 0 Å². The Bertz CT molecular complexity index is 2150. The van der Waals surface area contributed by atoms with E-state index >= 15 is 0 Å². The van der Waals surface area contributed by atoms with Crippen LogP contribution >= 0.6 is 0 Å². The minimum Gasteiger partial charge on any atom is -0.263 e. The molecule has 0 spiro atoms. The number of aromatic nitrogens is 1. The summed E-state index contributed by atoms with van der Waals surface area (Å²) in [5, 5.41) is 11.9. The second kappa shape index (κ2) is 9.94. The van der Waals surface area contributed by atoms with Crippen LogP contribution in [0.4, 0.5) is 0 Å². The van der Waals surface area contributed by atoms with Crippen LogP contribution in [0.3, 0.4) is 0 Å². The van der Waals surface area contributed by atoms with Gasteiger partial charge in [0.05, 0.1) is 11.0 Å². The van der Waals surface area contributed by atoms with E-state index in [2.05, 4.69) is 151 Å². The van der Waals surface area contributed by atoms with Crippen molar-refractivity contribution in [3.8, 4) is 39.4 Å². The Hall–Kier alpha value is -5.78. The zero-order valence-corrected chi connectivity index (χ0v) is 23.4. The van der Waals surface area contributed by atoms with Crippen molar-refractivity contribution in [2.45, 2.75) is 5.41 Å². The molecule has 0 amide bonds. The average molecular weight is 547 g/mol. The first kappa shape index (κ1) is 25.0. The van der Waals surface area contributed by atoms with Gasteiger partial charge in [0.15, 0.2) is 0 Å². The Labute approximate surface area is 251 Å². The van der Waals surface area contributed by atoms with E-state index in [4.69, 9.17) is 0 Å². The third-order valence-electron chi connectivity index (χ3n) is 8.84. The van der Waals surface area contributed by atoms with Gasteiger partial charge in [0.25, 0.3) is 0 Å². The van der Waals surface area contributed by atoms with Crippen molar-refractivity contribution >= 4 is 10.8 Å². The molecule has 7 aromatic rings. The van der Waals surface area contributed by atoms with Gasteiger partial charge in [-0.3, -0.25) is 4.98 Å². The fourth-order valence-corrected chi connectivity index (χ4v) is 6.97. The number of nitrogens with zero attached hydrogens (tertiary/aromatic N) is 2. The smallest absolute Gasteiger partial charge is 0.101 e. The van der Waals surface area contributed by atoms with E-state index in [0.29, 0.717) is 5.56 Å². The Morgan fingerprint density at radius 3 is 1.93 bits per heavy atom. The van der Waals surface area contributed by atoms with Crippen LogP contribution in [-0.2, 0) is 5.41 Å². The summed E-state index contributed by atoms with van der Waals surface area (Å²) in [5.74, 6) is 0. The van der Waals surface area contributed by atoms with Crippen molar-refractivity contribution in [2.24, 2.45) is 0 Å². The van der Waals surface area contributed by atoms with Gasteiger partial charge < -0.3 is 0 Å². The molecule has 1 aliphatic carbocycles. The molecule has 1 aliphatic rings. The Kier molecular flexibility index (Phi) is 5.77. The largest absolute Gasteiger partial charge is 0.263 e. The van der Waals surface area contributed by atoms with Gasteiger partial charge in [-0.25, -0.2) is 0 Å². The summed E-state index contributed by atoms with van der Waals surface area (Å²) in [5.41, 5.74) is 12.0. The van der Waals surface area contributed by atoms with Crippen molar-refractivity contribution in [1.29, 1.82) is 5.26 Å². The first-order valence-electron chi connectivity index (χ1n) is 14.5. The summed E-state index contributed by atoms with van der Waals surface area (Å²) in [6.45, 7) is 0. The van der Waals surface area contributed by atoms with Gasteiger partial charge in [-0.05, 0) is 79.0 Å². The highest BCUT2D eigenvalue weighted by atomic mass is 14.6. The van der Waals surface area contributed by atoms with Crippen molar-refractivity contribution in [3.63, 3.8) is 0 Å². The molecule has 0 atom stereocenters. The zero-order valence-electron chi connectivity index (χ0n) is 23.4. The highest BCUT2D eigenvalue weighted by Crippen LogP contribution is 2.58. The summed E-state index contributed by atoms with van der Waals surface area (Å²) in [6, 6.07) is 54.8. The Morgan fingerprint density at radius 1 is 0.512 bits per heavy atom. The molecule has 1 aromatic heterocycles. The van der Waals surface area contributed by atoms with Gasteiger partial charge in [-0.2, -0.15) is 5.26 Å². The van der Waals surface area contributed by atoms with Gasteiger partial charge in [0.2, 0.25) is 0 Å². The molecule has 0 radical (unpaired) electrons. The van der Waals surface area contributed by atoms with Gasteiger partial charge in [0, 0.05) is 18.0 Å². The predicted molar refractivity (Wildman–Crippen MR) is 175 cm³/mol. The Morgan fingerprint density at radius 2 is 1.19 bits per heavy atom. The SMILES string of the molecule is N#Cc1cncc(-c2cccc(-c3ccc4c(c3)C(c3ccccc3)(c3ccccc3)c3ccc5ccccc5c3-4)c2)c1.